The van der Waals surface area contributed by atoms with E-state index in [1.807, 2.05) is 42.1 Å². The molecule has 0 bridgehead atoms. The van der Waals surface area contributed by atoms with Gasteiger partial charge in [-0.1, -0.05) is 18.2 Å². The normalized spacial score (nSPS) is 10.4. The third-order valence-corrected chi connectivity index (χ3v) is 2.32. The van der Waals surface area contributed by atoms with E-state index < -0.39 is 0 Å². The lowest BCUT2D eigenvalue weighted by Crippen LogP contribution is -2.01. The van der Waals surface area contributed by atoms with Gasteiger partial charge in [0.15, 0.2) is 0 Å². The van der Waals surface area contributed by atoms with Crippen molar-refractivity contribution in [3.8, 4) is 0 Å². The molecule has 0 unspecified atom stereocenters. The van der Waals surface area contributed by atoms with E-state index in [9.17, 15) is 0 Å². The van der Waals surface area contributed by atoms with Gasteiger partial charge in [-0.2, -0.15) is 0 Å². The van der Waals surface area contributed by atoms with Gasteiger partial charge in [0.05, 0.1) is 0 Å². The molecule has 0 radical (unpaired) electrons. The van der Waals surface area contributed by atoms with Gasteiger partial charge in [-0.15, -0.1) is 0 Å². The molecule has 3 nitrogen and oxygen atoms in total. The first kappa shape index (κ1) is 8.81. The number of nitrogens with zero attached hydrogens (tertiary/aromatic N) is 2. The zero-order chi connectivity index (χ0) is 9.97. The topological polar surface area (TPSA) is 43.8 Å². The summed E-state index contributed by atoms with van der Waals surface area (Å²) in [6.45, 7) is 0. The minimum atomic E-state index is 0.788. The van der Waals surface area contributed by atoms with Gasteiger partial charge >= 0.3 is 0 Å². The Morgan fingerprint density at radius 3 is 2.79 bits per heavy atom. The van der Waals surface area contributed by atoms with Crippen molar-refractivity contribution in [1.29, 1.82) is 0 Å². The Kier molecular flexibility index (Phi) is 2.23. The minimum absolute atomic E-state index is 0.788. The summed E-state index contributed by atoms with van der Waals surface area (Å²) in [7, 11) is 1.99. The molecule has 0 spiro atoms. The number of para-hydroxylation sites is 1. The molecule has 14 heavy (non-hydrogen) atoms. The van der Waals surface area contributed by atoms with Crippen LogP contribution in [0, 0.1) is 0 Å². The first-order valence-corrected chi connectivity index (χ1v) is 4.57. The maximum absolute atomic E-state index is 5.85. The van der Waals surface area contributed by atoms with E-state index in [-0.39, 0.29) is 0 Å². The van der Waals surface area contributed by atoms with Crippen molar-refractivity contribution in [2.24, 2.45) is 7.05 Å². The van der Waals surface area contributed by atoms with E-state index in [4.69, 9.17) is 5.73 Å². The number of imidazole rings is 1. The number of benzene rings is 1. The molecule has 0 amide bonds. The largest absolute Gasteiger partial charge is 0.398 e. The van der Waals surface area contributed by atoms with Crippen LogP contribution in [0.2, 0.25) is 0 Å². The fourth-order valence-corrected chi connectivity index (χ4v) is 1.43. The fourth-order valence-electron chi connectivity index (χ4n) is 1.43. The van der Waals surface area contributed by atoms with Crippen LogP contribution < -0.4 is 5.73 Å². The summed E-state index contributed by atoms with van der Waals surface area (Å²) in [5.74, 6) is 1.03. The van der Waals surface area contributed by atoms with E-state index in [1.165, 1.54) is 0 Å². The van der Waals surface area contributed by atoms with Crippen LogP contribution in [-0.4, -0.2) is 9.55 Å². The van der Waals surface area contributed by atoms with Crippen LogP contribution >= 0.6 is 0 Å². The first-order valence-electron chi connectivity index (χ1n) is 4.57. The molecule has 3 heteroatoms. The standard InChI is InChI=1S/C11H13N3/c1-14-7-6-13-11(14)8-9-4-2-3-5-10(9)12/h2-7H,8,12H2,1H3. The molecule has 2 rings (SSSR count). The molecule has 1 aromatic carbocycles. The van der Waals surface area contributed by atoms with Crippen molar-refractivity contribution in [1.82, 2.24) is 9.55 Å². The molecule has 2 N–H and O–H groups in total. The Bertz CT molecular complexity index is 432. The van der Waals surface area contributed by atoms with E-state index in [2.05, 4.69) is 4.98 Å². The molecule has 0 aliphatic carbocycles. The van der Waals surface area contributed by atoms with Crippen LogP contribution in [-0.2, 0) is 13.5 Å². The summed E-state index contributed by atoms with van der Waals surface area (Å²) in [6.07, 6.45) is 4.53. The molecule has 0 aliphatic rings. The van der Waals surface area contributed by atoms with Crippen LogP contribution in [0.3, 0.4) is 0 Å². The van der Waals surface area contributed by atoms with Crippen LogP contribution in [0.25, 0.3) is 0 Å². The van der Waals surface area contributed by atoms with E-state index >= 15 is 0 Å². The van der Waals surface area contributed by atoms with Crippen molar-refractivity contribution in [2.75, 3.05) is 5.73 Å². The highest BCUT2D eigenvalue weighted by Crippen LogP contribution is 2.14. The smallest absolute Gasteiger partial charge is 0.112 e. The number of hydrogen-bond acceptors (Lipinski definition) is 2. The highest BCUT2D eigenvalue weighted by Gasteiger charge is 2.03. The third-order valence-electron chi connectivity index (χ3n) is 2.32. The molecule has 0 atom stereocenters. The molecule has 1 aromatic heterocycles. The maximum atomic E-state index is 5.85. The van der Waals surface area contributed by atoms with Gasteiger partial charge in [0.1, 0.15) is 5.82 Å². The van der Waals surface area contributed by atoms with Crippen LogP contribution in [0.5, 0.6) is 0 Å². The van der Waals surface area contributed by atoms with Gasteiger partial charge in [0.25, 0.3) is 0 Å². The second kappa shape index (κ2) is 3.54. The van der Waals surface area contributed by atoms with Crippen molar-refractivity contribution >= 4 is 5.69 Å². The second-order valence-electron chi connectivity index (χ2n) is 3.33. The lowest BCUT2D eigenvalue weighted by Gasteiger charge is -2.04. The Hall–Kier alpha value is -1.77. The van der Waals surface area contributed by atoms with Gasteiger partial charge < -0.3 is 10.3 Å². The van der Waals surface area contributed by atoms with Gasteiger partial charge in [-0.25, -0.2) is 4.98 Å². The quantitative estimate of drug-likeness (QED) is 0.725. The van der Waals surface area contributed by atoms with Crippen LogP contribution in [0.1, 0.15) is 11.4 Å². The van der Waals surface area contributed by atoms with Crippen molar-refractivity contribution in [3.63, 3.8) is 0 Å². The number of hydrogen-bond donors (Lipinski definition) is 1. The second-order valence-corrected chi connectivity index (χ2v) is 3.33. The number of anilines is 1. The lowest BCUT2D eigenvalue weighted by molar-refractivity contribution is 0.822. The molecule has 1 heterocycles. The Morgan fingerprint density at radius 2 is 2.14 bits per heavy atom. The van der Waals surface area contributed by atoms with E-state index in [0.29, 0.717) is 0 Å². The Morgan fingerprint density at radius 1 is 1.36 bits per heavy atom. The average molecular weight is 187 g/mol. The van der Waals surface area contributed by atoms with Gasteiger partial charge in [0, 0.05) is 31.5 Å². The molecule has 72 valence electrons. The number of aromatic nitrogens is 2. The minimum Gasteiger partial charge on any atom is -0.398 e. The third kappa shape index (κ3) is 1.62. The van der Waals surface area contributed by atoms with Crippen molar-refractivity contribution in [2.45, 2.75) is 6.42 Å². The molecule has 0 saturated heterocycles. The average Bonchev–Trinajstić information content (AvgIpc) is 2.56. The van der Waals surface area contributed by atoms with Crippen LogP contribution in [0.4, 0.5) is 5.69 Å². The van der Waals surface area contributed by atoms with Gasteiger partial charge in [-0.3, -0.25) is 0 Å². The first-order chi connectivity index (χ1) is 6.77. The highest BCUT2D eigenvalue weighted by atomic mass is 15.0. The zero-order valence-corrected chi connectivity index (χ0v) is 8.14. The summed E-state index contributed by atoms with van der Waals surface area (Å²) >= 11 is 0. The summed E-state index contributed by atoms with van der Waals surface area (Å²) in [5.41, 5.74) is 7.81. The summed E-state index contributed by atoms with van der Waals surface area (Å²) in [6, 6.07) is 7.88. The lowest BCUT2D eigenvalue weighted by atomic mass is 10.1. The SMILES string of the molecule is Cn1ccnc1Cc1ccccc1N. The molecule has 0 aliphatic heterocycles. The number of nitrogen functional groups attached to an aromatic ring is 1. The number of aryl methyl sites for hydroxylation is 1. The van der Waals surface area contributed by atoms with E-state index in [1.54, 1.807) is 6.20 Å². The van der Waals surface area contributed by atoms with Crippen molar-refractivity contribution < 1.29 is 0 Å². The molecular weight excluding hydrogens is 174 g/mol. The number of nitrogens with two attached hydrogens (primary N) is 1. The highest BCUT2D eigenvalue weighted by molar-refractivity contribution is 5.47. The summed E-state index contributed by atoms with van der Waals surface area (Å²) in [5, 5.41) is 0. The molecule has 0 fully saturated rings. The monoisotopic (exact) mass is 187 g/mol. The predicted octanol–water partition coefficient (Wildman–Crippen LogP) is 1.59. The van der Waals surface area contributed by atoms with E-state index in [0.717, 1.165) is 23.5 Å². The Balaban J connectivity index is 2.28. The number of rotatable bonds is 2. The summed E-state index contributed by atoms with van der Waals surface area (Å²) in [4.78, 5) is 4.26. The van der Waals surface area contributed by atoms with Crippen molar-refractivity contribution in [3.05, 3.63) is 48.0 Å². The zero-order valence-electron chi connectivity index (χ0n) is 8.14. The Labute approximate surface area is 83.2 Å². The van der Waals surface area contributed by atoms with Gasteiger partial charge in [0.2, 0.25) is 0 Å². The molecular formula is C11H13N3. The maximum Gasteiger partial charge on any atom is 0.112 e. The fraction of sp³-hybridized carbons (Fsp3) is 0.182. The molecule has 0 saturated carbocycles. The summed E-state index contributed by atoms with van der Waals surface area (Å²) < 4.78 is 2.01. The predicted molar refractivity (Wildman–Crippen MR) is 56.9 cm³/mol. The molecule has 2 aromatic rings. The van der Waals surface area contributed by atoms with Gasteiger partial charge in [-0.05, 0) is 11.6 Å². The van der Waals surface area contributed by atoms with Crippen LogP contribution in [0.15, 0.2) is 36.7 Å².